The predicted octanol–water partition coefficient (Wildman–Crippen LogP) is 1.80. The van der Waals surface area contributed by atoms with Crippen LogP contribution in [-0.4, -0.2) is 56.8 Å². The normalized spacial score (nSPS) is 13.5. The first-order valence-electron chi connectivity index (χ1n) is 7.70. The van der Waals surface area contributed by atoms with Crippen LogP contribution in [0.4, 0.5) is 17.6 Å². The summed E-state index contributed by atoms with van der Waals surface area (Å²) >= 11 is 0. The van der Waals surface area contributed by atoms with Crippen molar-refractivity contribution in [2.45, 2.75) is 29.8 Å². The number of alkyl halides is 4. The van der Waals surface area contributed by atoms with Gasteiger partial charge < -0.3 is 14.0 Å². The molecule has 0 atom stereocenters. The molecule has 0 radical (unpaired) electrons. The Hall–Kier alpha value is -1.48. The maximum absolute atomic E-state index is 13.5. The first kappa shape index (κ1) is 24.6. The highest BCUT2D eigenvalue weighted by Gasteiger charge is 2.74. The number of halogens is 4. The molecule has 28 heavy (non-hydrogen) atoms. The van der Waals surface area contributed by atoms with Crippen LogP contribution in [0.2, 0.25) is 0 Å². The molecule has 0 bridgehead atoms. The fraction of sp³-hybridized carbons (Fsp3) is 0.571. The smallest absolute Gasteiger partial charge is 0.396 e. The summed E-state index contributed by atoms with van der Waals surface area (Å²) in [7, 11) is -13.2. The second-order valence-corrected chi connectivity index (χ2v) is 8.53. The van der Waals surface area contributed by atoms with Crippen molar-refractivity contribution in [1.29, 1.82) is 0 Å². The molecule has 0 aliphatic heterocycles. The molecule has 0 spiro atoms. The zero-order valence-corrected chi connectivity index (χ0v) is 15.9. The van der Waals surface area contributed by atoms with Crippen LogP contribution >= 0.6 is 0 Å². The van der Waals surface area contributed by atoms with Gasteiger partial charge in [0.2, 0.25) is 0 Å². The summed E-state index contributed by atoms with van der Waals surface area (Å²) in [5.41, 5.74) is 0.585. The number of benzene rings is 1. The fourth-order valence-electron chi connectivity index (χ4n) is 1.79. The van der Waals surface area contributed by atoms with E-state index in [1.807, 2.05) is 0 Å². The third-order valence-electron chi connectivity index (χ3n) is 3.34. The lowest BCUT2D eigenvalue weighted by Gasteiger charge is -2.23. The molecule has 0 aliphatic carbocycles. The highest BCUT2D eigenvalue weighted by atomic mass is 32.2. The largest absolute Gasteiger partial charge is 0.460 e. The molecule has 0 fully saturated rings. The van der Waals surface area contributed by atoms with E-state index in [1.54, 1.807) is 0 Å². The van der Waals surface area contributed by atoms with Crippen LogP contribution in [0, 0.1) is 0 Å². The molecule has 14 heteroatoms. The molecule has 1 aromatic rings. The van der Waals surface area contributed by atoms with E-state index in [0.29, 0.717) is 31.4 Å². The molecule has 0 saturated heterocycles. The van der Waals surface area contributed by atoms with Gasteiger partial charge in [0.1, 0.15) is 5.75 Å². The average molecular weight is 454 g/mol. The first-order chi connectivity index (χ1) is 12.8. The van der Waals surface area contributed by atoms with Gasteiger partial charge in [-0.3, -0.25) is 4.55 Å². The summed E-state index contributed by atoms with van der Waals surface area (Å²) in [4.78, 5) is 0. The SMILES string of the molecule is O=S(=O)(O)C(F)(F)C(F)(F)S(=O)(=O)Oc1ccc(CCOCCCCO)cc1. The van der Waals surface area contributed by atoms with Gasteiger partial charge in [-0.25, -0.2) is 0 Å². The minimum atomic E-state index is -6.73. The van der Waals surface area contributed by atoms with Crippen molar-refractivity contribution >= 4 is 20.2 Å². The summed E-state index contributed by atoms with van der Waals surface area (Å²) in [6.45, 7) is 0.739. The fourth-order valence-corrected chi connectivity index (χ4v) is 3.48. The van der Waals surface area contributed by atoms with Gasteiger partial charge in [0.15, 0.2) is 0 Å². The number of hydrogen-bond donors (Lipinski definition) is 2. The van der Waals surface area contributed by atoms with Gasteiger partial charge >= 0.3 is 30.7 Å². The van der Waals surface area contributed by atoms with E-state index < -0.39 is 36.5 Å². The third kappa shape index (κ3) is 5.76. The zero-order valence-electron chi connectivity index (χ0n) is 14.2. The number of unbranched alkanes of at least 4 members (excludes halogenated alkanes) is 1. The van der Waals surface area contributed by atoms with Gasteiger partial charge in [0.05, 0.1) is 6.61 Å². The summed E-state index contributed by atoms with van der Waals surface area (Å²) < 4.78 is 114. The van der Waals surface area contributed by atoms with E-state index in [9.17, 15) is 34.4 Å². The summed E-state index contributed by atoms with van der Waals surface area (Å²) in [6.07, 6.45) is 1.61. The Balaban J connectivity index is 2.77. The molecule has 0 saturated carbocycles. The molecule has 1 rings (SSSR count). The van der Waals surface area contributed by atoms with Crippen LogP contribution in [0.5, 0.6) is 5.75 Å². The Labute approximate surface area is 158 Å². The van der Waals surface area contributed by atoms with Crippen molar-refractivity contribution in [3.8, 4) is 5.75 Å². The molecular weight excluding hydrogens is 436 g/mol. The van der Waals surface area contributed by atoms with Crippen LogP contribution in [0.3, 0.4) is 0 Å². The minimum Gasteiger partial charge on any atom is -0.396 e. The number of ether oxygens (including phenoxy) is 1. The van der Waals surface area contributed by atoms with Crippen molar-refractivity contribution < 1.29 is 53.0 Å². The third-order valence-corrected chi connectivity index (χ3v) is 5.67. The van der Waals surface area contributed by atoms with Crippen molar-refractivity contribution in [2.24, 2.45) is 0 Å². The number of hydrogen-bond acceptors (Lipinski definition) is 7. The standard InChI is InChI=1S/C14H18F4O8S2/c15-13(16,27(20,21)22)14(17,18)28(23,24)26-12-5-3-11(4-6-12)7-10-25-9-2-1-8-19/h3-6,19H,1-2,7-10H2,(H,20,21,22). The summed E-state index contributed by atoms with van der Waals surface area (Å²) in [6, 6.07) is 4.34. The van der Waals surface area contributed by atoms with Crippen LogP contribution in [0.1, 0.15) is 18.4 Å². The first-order valence-corrected chi connectivity index (χ1v) is 10.6. The van der Waals surface area contributed by atoms with Crippen molar-refractivity contribution in [1.82, 2.24) is 0 Å². The molecular formula is C14H18F4O8S2. The Kier molecular flexibility index (Phi) is 8.20. The second kappa shape index (κ2) is 9.35. The van der Waals surface area contributed by atoms with E-state index in [-0.39, 0.29) is 13.2 Å². The van der Waals surface area contributed by atoms with E-state index in [2.05, 4.69) is 4.18 Å². The quantitative estimate of drug-likeness (QED) is 0.212. The Bertz CT molecular complexity index is 839. The van der Waals surface area contributed by atoms with Crippen LogP contribution in [-0.2, 0) is 31.4 Å². The Morgan fingerprint density at radius 1 is 0.893 bits per heavy atom. The van der Waals surface area contributed by atoms with Crippen molar-refractivity contribution in [3.05, 3.63) is 29.8 Å². The topological polar surface area (TPSA) is 127 Å². The summed E-state index contributed by atoms with van der Waals surface area (Å²) in [5, 5.41) is -3.95. The molecule has 162 valence electrons. The molecule has 0 amide bonds. The lowest BCUT2D eigenvalue weighted by atomic mass is 10.1. The molecule has 1 aromatic carbocycles. The molecule has 2 N–H and O–H groups in total. The van der Waals surface area contributed by atoms with Gasteiger partial charge in [0.25, 0.3) is 0 Å². The highest BCUT2D eigenvalue weighted by molar-refractivity contribution is 7.91. The molecule has 0 unspecified atom stereocenters. The van der Waals surface area contributed by atoms with Gasteiger partial charge in [-0.05, 0) is 37.0 Å². The van der Waals surface area contributed by atoms with E-state index >= 15 is 0 Å². The summed E-state index contributed by atoms with van der Waals surface area (Å²) in [5.74, 6) is -0.765. The lowest BCUT2D eigenvalue weighted by molar-refractivity contribution is -0.105. The lowest BCUT2D eigenvalue weighted by Crippen LogP contribution is -2.53. The van der Waals surface area contributed by atoms with Crippen molar-refractivity contribution in [3.63, 3.8) is 0 Å². The van der Waals surface area contributed by atoms with E-state index in [0.717, 1.165) is 12.1 Å². The molecule has 0 aromatic heterocycles. The predicted molar refractivity (Wildman–Crippen MR) is 88.3 cm³/mol. The molecule has 8 nitrogen and oxygen atoms in total. The second-order valence-electron chi connectivity index (χ2n) is 5.48. The minimum absolute atomic E-state index is 0.0446. The highest BCUT2D eigenvalue weighted by Crippen LogP contribution is 2.43. The maximum atomic E-state index is 13.5. The Morgan fingerprint density at radius 3 is 1.96 bits per heavy atom. The number of aliphatic hydroxyl groups is 1. The van der Waals surface area contributed by atoms with E-state index in [1.165, 1.54) is 12.1 Å². The molecule has 0 aliphatic rings. The van der Waals surface area contributed by atoms with Gasteiger partial charge in [0, 0.05) is 13.2 Å². The van der Waals surface area contributed by atoms with Crippen molar-refractivity contribution in [2.75, 3.05) is 19.8 Å². The molecule has 0 heterocycles. The van der Waals surface area contributed by atoms with Gasteiger partial charge in [-0.2, -0.15) is 34.4 Å². The van der Waals surface area contributed by atoms with Crippen LogP contribution in [0.25, 0.3) is 0 Å². The van der Waals surface area contributed by atoms with E-state index in [4.69, 9.17) is 14.4 Å². The maximum Gasteiger partial charge on any atom is 0.460 e. The number of rotatable bonds is 12. The van der Waals surface area contributed by atoms with Gasteiger partial charge in [-0.1, -0.05) is 12.1 Å². The van der Waals surface area contributed by atoms with Crippen LogP contribution < -0.4 is 4.18 Å². The average Bonchev–Trinajstić information content (AvgIpc) is 2.58. The number of aliphatic hydroxyl groups excluding tert-OH is 1. The zero-order chi connectivity index (χ0) is 21.6. The van der Waals surface area contributed by atoms with Gasteiger partial charge in [-0.15, -0.1) is 0 Å². The monoisotopic (exact) mass is 454 g/mol. The Morgan fingerprint density at radius 2 is 1.46 bits per heavy atom. The van der Waals surface area contributed by atoms with Crippen LogP contribution in [0.15, 0.2) is 24.3 Å².